The third-order valence-corrected chi connectivity index (χ3v) is 8.63. The van der Waals surface area contributed by atoms with Crippen molar-refractivity contribution in [3.05, 3.63) is 171 Å². The Kier molecular flexibility index (Phi) is 11.1. The molecule has 0 bridgehead atoms. The van der Waals surface area contributed by atoms with Gasteiger partial charge in [0.05, 0.1) is 13.2 Å². The summed E-state index contributed by atoms with van der Waals surface area (Å²) in [5.41, 5.74) is 10.7. The molecule has 0 aliphatic heterocycles. The van der Waals surface area contributed by atoms with Gasteiger partial charge in [0.15, 0.2) is 6.10 Å². The van der Waals surface area contributed by atoms with Gasteiger partial charge in [-0.15, -0.1) is 0 Å². The summed E-state index contributed by atoms with van der Waals surface area (Å²) in [6.07, 6.45) is 5.79. The Morgan fingerprint density at radius 2 is 1.19 bits per heavy atom. The molecule has 0 amide bonds. The summed E-state index contributed by atoms with van der Waals surface area (Å²) in [6, 6.07) is 42.3. The number of methoxy groups -OCH3 is 1. The molecule has 0 N–H and O–H groups in total. The number of esters is 1. The second-order valence-electron chi connectivity index (χ2n) is 12.0. The molecular formula is C43H42O5. The highest BCUT2D eigenvalue weighted by Gasteiger charge is 2.23. The molecule has 0 fully saturated rings. The molecule has 0 radical (unpaired) electrons. The molecule has 5 nitrogen and oxygen atoms in total. The lowest BCUT2D eigenvalue weighted by molar-refractivity contribution is -0.154. The first-order valence-corrected chi connectivity index (χ1v) is 16.6. The van der Waals surface area contributed by atoms with Crippen LogP contribution in [0.15, 0.2) is 121 Å². The highest BCUT2D eigenvalue weighted by atomic mass is 16.6. The predicted octanol–water partition coefficient (Wildman–Crippen LogP) is 8.66. The van der Waals surface area contributed by atoms with Crippen molar-refractivity contribution in [2.45, 2.75) is 38.4 Å². The summed E-state index contributed by atoms with van der Waals surface area (Å²) in [4.78, 5) is 12.1. The number of hydrogen-bond donors (Lipinski definition) is 0. The molecule has 5 aromatic carbocycles. The minimum Gasteiger partial charge on any atom is -0.491 e. The van der Waals surface area contributed by atoms with E-state index in [0.29, 0.717) is 26.2 Å². The first-order chi connectivity index (χ1) is 23.6. The number of fused-ring (bicyclic) bond motifs is 2. The van der Waals surface area contributed by atoms with Gasteiger partial charge in [-0.3, -0.25) is 0 Å². The average molecular weight is 639 g/mol. The Labute approximate surface area is 283 Å². The van der Waals surface area contributed by atoms with E-state index in [1.165, 1.54) is 40.5 Å². The van der Waals surface area contributed by atoms with E-state index in [1.54, 1.807) is 6.92 Å². The van der Waals surface area contributed by atoms with Crippen LogP contribution in [0, 0.1) is 0 Å². The lowest BCUT2D eigenvalue weighted by Gasteiger charge is -2.22. The Bertz CT molecular complexity index is 1720. The van der Waals surface area contributed by atoms with Crippen LogP contribution in [0.2, 0.25) is 0 Å². The molecule has 1 aliphatic carbocycles. The molecule has 1 unspecified atom stereocenters. The molecule has 0 saturated heterocycles. The van der Waals surface area contributed by atoms with E-state index in [-0.39, 0.29) is 12.1 Å². The molecule has 1 aliphatic rings. The highest BCUT2D eigenvalue weighted by molar-refractivity contribution is 5.77. The van der Waals surface area contributed by atoms with Gasteiger partial charge >= 0.3 is 5.97 Å². The largest absolute Gasteiger partial charge is 0.491 e. The van der Waals surface area contributed by atoms with Gasteiger partial charge in [0.2, 0.25) is 0 Å². The van der Waals surface area contributed by atoms with Gasteiger partial charge in [-0.2, -0.15) is 0 Å². The van der Waals surface area contributed by atoms with E-state index in [4.69, 9.17) is 18.9 Å². The van der Waals surface area contributed by atoms with Gasteiger partial charge in [-0.25, -0.2) is 4.79 Å². The molecule has 0 aromatic heterocycles. The van der Waals surface area contributed by atoms with E-state index in [0.717, 1.165) is 35.3 Å². The maximum Gasteiger partial charge on any atom is 0.335 e. The van der Waals surface area contributed by atoms with Crippen LogP contribution in [-0.2, 0) is 38.3 Å². The van der Waals surface area contributed by atoms with Crippen molar-refractivity contribution in [2.75, 3.05) is 26.9 Å². The standard InChI is InChI=1S/C43H42O5/c1-3-46-43(44)41(45-2)30-33-14-20-38(21-15-33)47-24-25-48-42-39-22-16-34(26-31-10-6-4-7-11-31)28-36(39)18-19-37-29-35(17-23-40(37)42)27-32-12-8-5-9-13-32/h4-23,28-29,41-42H,3,24-27,30H2,1-2H3. The van der Waals surface area contributed by atoms with E-state index in [9.17, 15) is 4.79 Å². The molecule has 0 heterocycles. The van der Waals surface area contributed by atoms with Crippen molar-refractivity contribution < 1.29 is 23.7 Å². The quantitative estimate of drug-likeness (QED) is 0.0900. The average Bonchev–Trinajstić information content (AvgIpc) is 3.26. The zero-order valence-corrected chi connectivity index (χ0v) is 27.6. The normalized spacial score (nSPS) is 12.9. The summed E-state index contributed by atoms with van der Waals surface area (Å²) in [6.45, 7) is 2.93. The zero-order valence-electron chi connectivity index (χ0n) is 27.6. The minimum atomic E-state index is -0.631. The lowest BCUT2D eigenvalue weighted by Crippen LogP contribution is -2.27. The number of hydrogen-bond acceptors (Lipinski definition) is 5. The van der Waals surface area contributed by atoms with Crippen molar-refractivity contribution in [1.82, 2.24) is 0 Å². The molecule has 244 valence electrons. The second kappa shape index (κ2) is 16.2. The minimum absolute atomic E-state index is 0.235. The molecular weight excluding hydrogens is 596 g/mol. The fraction of sp³-hybridized carbons (Fsp3) is 0.233. The number of ether oxygens (including phenoxy) is 4. The fourth-order valence-corrected chi connectivity index (χ4v) is 6.18. The summed E-state index contributed by atoms with van der Waals surface area (Å²) in [7, 11) is 1.52. The van der Waals surface area contributed by atoms with Gasteiger partial charge < -0.3 is 18.9 Å². The van der Waals surface area contributed by atoms with Crippen LogP contribution in [0.4, 0.5) is 0 Å². The predicted molar refractivity (Wildman–Crippen MR) is 191 cm³/mol. The second-order valence-corrected chi connectivity index (χ2v) is 12.0. The van der Waals surface area contributed by atoms with E-state index >= 15 is 0 Å². The van der Waals surface area contributed by atoms with Crippen LogP contribution in [0.25, 0.3) is 12.2 Å². The third kappa shape index (κ3) is 8.48. The molecule has 5 heteroatoms. The van der Waals surface area contributed by atoms with Crippen LogP contribution in [-0.4, -0.2) is 39.0 Å². The Morgan fingerprint density at radius 1 is 0.646 bits per heavy atom. The van der Waals surface area contributed by atoms with Crippen molar-refractivity contribution in [3.63, 3.8) is 0 Å². The Hall–Kier alpha value is -4.97. The molecule has 0 spiro atoms. The smallest absolute Gasteiger partial charge is 0.335 e. The first kappa shape index (κ1) is 33.0. The molecule has 1 atom stereocenters. The van der Waals surface area contributed by atoms with Gasteiger partial charge in [0, 0.05) is 13.5 Å². The number of carbonyl (C=O) groups excluding carboxylic acids is 1. The maximum absolute atomic E-state index is 12.1. The van der Waals surface area contributed by atoms with Crippen LogP contribution >= 0.6 is 0 Å². The molecule has 0 saturated carbocycles. The van der Waals surface area contributed by atoms with Crippen molar-refractivity contribution in [1.29, 1.82) is 0 Å². The Balaban J connectivity index is 1.17. The molecule has 48 heavy (non-hydrogen) atoms. The summed E-state index contributed by atoms with van der Waals surface area (Å²) >= 11 is 0. The van der Waals surface area contributed by atoms with Gasteiger partial charge in [0.1, 0.15) is 18.5 Å². The van der Waals surface area contributed by atoms with Crippen LogP contribution in [0.1, 0.15) is 63.1 Å². The molecule has 5 aromatic rings. The summed E-state index contributed by atoms with van der Waals surface area (Å²) in [5.74, 6) is 0.390. The number of benzene rings is 5. The number of rotatable bonds is 14. The zero-order chi connectivity index (χ0) is 33.1. The number of carbonyl (C=O) groups is 1. The molecule has 6 rings (SSSR count). The fourth-order valence-electron chi connectivity index (χ4n) is 6.18. The third-order valence-electron chi connectivity index (χ3n) is 8.63. The van der Waals surface area contributed by atoms with Crippen LogP contribution in [0.3, 0.4) is 0 Å². The SMILES string of the molecule is CCOC(=O)C(Cc1ccc(OCCOC2c3ccc(Cc4ccccc4)cc3C=Cc3cc(Cc4ccccc4)ccc32)cc1)OC. The van der Waals surface area contributed by atoms with Gasteiger partial charge in [-0.05, 0) is 82.0 Å². The monoisotopic (exact) mass is 638 g/mol. The summed E-state index contributed by atoms with van der Waals surface area (Å²) < 4.78 is 23.2. The van der Waals surface area contributed by atoms with Crippen LogP contribution in [0.5, 0.6) is 5.75 Å². The van der Waals surface area contributed by atoms with Crippen LogP contribution < -0.4 is 4.74 Å². The van der Waals surface area contributed by atoms with Crippen molar-refractivity contribution in [2.24, 2.45) is 0 Å². The van der Waals surface area contributed by atoms with Crippen molar-refractivity contribution in [3.8, 4) is 5.75 Å². The first-order valence-electron chi connectivity index (χ1n) is 16.6. The van der Waals surface area contributed by atoms with E-state index in [1.807, 2.05) is 24.3 Å². The highest BCUT2D eigenvalue weighted by Crippen LogP contribution is 2.37. The van der Waals surface area contributed by atoms with Crippen molar-refractivity contribution >= 4 is 18.1 Å². The summed E-state index contributed by atoms with van der Waals surface area (Å²) in [5, 5.41) is 0. The lowest BCUT2D eigenvalue weighted by atomic mass is 9.92. The Morgan fingerprint density at radius 3 is 1.71 bits per heavy atom. The van der Waals surface area contributed by atoms with E-state index < -0.39 is 6.10 Å². The van der Waals surface area contributed by atoms with Gasteiger partial charge in [-0.1, -0.05) is 121 Å². The maximum atomic E-state index is 12.1. The van der Waals surface area contributed by atoms with Gasteiger partial charge in [0.25, 0.3) is 0 Å². The topological polar surface area (TPSA) is 54.0 Å². The van der Waals surface area contributed by atoms with E-state index in [2.05, 4.69) is 109 Å².